The standard InChI is InChI=1S/C54H83NO11/c1-3-5-7-9-11-13-15-17-19-21-23-25-27-29-31-33-49(58)63-42-46(65-50(59)34-32-30-28-26-24-22-20-18-16-14-12-10-8-6-4-2)43-64-54-53(62)52(61)51(60)47(66-54)41-55-48(57)40-37-44-35-38-45(56)39-36-44/h5-8,11-14,17-20,35-36,38-39,46-47,51-54,56,60-62H,3-4,9-10,15-16,21-34,37,40-43H2,1-2H3,(H,55,57)/t46-,47-,51-,52+,53-,54-/m1/s1. The summed E-state index contributed by atoms with van der Waals surface area (Å²) < 4.78 is 22.8. The predicted octanol–water partition coefficient (Wildman–Crippen LogP) is 9.90. The highest BCUT2D eigenvalue weighted by atomic mass is 16.7. The van der Waals surface area contributed by atoms with Crippen molar-refractivity contribution in [3.8, 4) is 5.75 Å². The van der Waals surface area contributed by atoms with Crippen LogP contribution >= 0.6 is 0 Å². The van der Waals surface area contributed by atoms with Crippen molar-refractivity contribution in [2.75, 3.05) is 19.8 Å². The Hall–Kier alpha value is -4.33. The van der Waals surface area contributed by atoms with Crippen molar-refractivity contribution in [1.82, 2.24) is 5.32 Å². The summed E-state index contributed by atoms with van der Waals surface area (Å²) in [6.07, 6.45) is 36.2. The van der Waals surface area contributed by atoms with E-state index in [0.717, 1.165) is 108 Å². The van der Waals surface area contributed by atoms with E-state index < -0.39 is 48.7 Å². The fourth-order valence-corrected chi connectivity index (χ4v) is 7.04. The van der Waals surface area contributed by atoms with Crippen molar-refractivity contribution in [3.63, 3.8) is 0 Å². The molecule has 0 spiro atoms. The normalized spacial score (nSPS) is 19.6. The van der Waals surface area contributed by atoms with Gasteiger partial charge in [-0.05, 0) is 101 Å². The van der Waals surface area contributed by atoms with E-state index in [1.54, 1.807) is 12.1 Å². The minimum Gasteiger partial charge on any atom is -0.508 e. The number of aryl methyl sites for hydroxylation is 1. The molecule has 12 nitrogen and oxygen atoms in total. The number of benzene rings is 1. The molecule has 1 heterocycles. The Labute approximate surface area is 395 Å². The van der Waals surface area contributed by atoms with Crippen LogP contribution in [-0.2, 0) is 39.8 Å². The van der Waals surface area contributed by atoms with Crippen LogP contribution in [0.1, 0.15) is 154 Å². The molecule has 1 aliphatic rings. The molecule has 1 aromatic carbocycles. The Morgan fingerprint density at radius 2 is 1.11 bits per heavy atom. The van der Waals surface area contributed by atoms with E-state index in [2.05, 4.69) is 92.1 Å². The number of aliphatic hydroxyl groups excluding tert-OH is 3. The Morgan fingerprint density at radius 3 is 1.67 bits per heavy atom. The van der Waals surface area contributed by atoms with Gasteiger partial charge in [0.15, 0.2) is 12.4 Å². The largest absolute Gasteiger partial charge is 0.508 e. The number of carbonyl (C=O) groups is 3. The highest BCUT2D eigenvalue weighted by Gasteiger charge is 2.44. The Morgan fingerprint density at radius 1 is 0.606 bits per heavy atom. The van der Waals surface area contributed by atoms with Crippen LogP contribution in [0.15, 0.2) is 97.2 Å². The lowest BCUT2D eigenvalue weighted by molar-refractivity contribution is -0.299. The topological polar surface area (TPSA) is 181 Å². The second-order valence-corrected chi connectivity index (χ2v) is 16.8. The van der Waals surface area contributed by atoms with E-state index in [4.69, 9.17) is 18.9 Å². The number of amides is 1. The van der Waals surface area contributed by atoms with Gasteiger partial charge in [-0.25, -0.2) is 0 Å². The lowest BCUT2D eigenvalue weighted by Gasteiger charge is -2.40. The number of carbonyl (C=O) groups excluding carboxylic acids is 3. The van der Waals surface area contributed by atoms with Gasteiger partial charge in [-0.2, -0.15) is 0 Å². The van der Waals surface area contributed by atoms with Crippen molar-refractivity contribution in [1.29, 1.82) is 0 Å². The average Bonchev–Trinajstić information content (AvgIpc) is 3.31. The van der Waals surface area contributed by atoms with Gasteiger partial charge < -0.3 is 44.7 Å². The van der Waals surface area contributed by atoms with E-state index in [1.807, 2.05) is 0 Å². The molecule has 0 aromatic heterocycles. The minimum absolute atomic E-state index is 0.128. The number of hydrogen-bond donors (Lipinski definition) is 5. The number of phenolic OH excluding ortho intramolecular Hbond substituents is 1. The average molecular weight is 922 g/mol. The maximum Gasteiger partial charge on any atom is 0.306 e. The minimum atomic E-state index is -1.65. The molecule has 370 valence electrons. The van der Waals surface area contributed by atoms with Crippen LogP contribution in [0.3, 0.4) is 0 Å². The fourth-order valence-electron chi connectivity index (χ4n) is 7.04. The summed E-state index contributed by atoms with van der Waals surface area (Å²) in [4.78, 5) is 38.3. The number of nitrogens with one attached hydrogen (secondary N) is 1. The number of esters is 2. The van der Waals surface area contributed by atoms with E-state index in [-0.39, 0.29) is 50.7 Å². The molecular weight excluding hydrogens is 839 g/mol. The Balaban J connectivity index is 1.81. The van der Waals surface area contributed by atoms with Crippen molar-refractivity contribution in [2.45, 2.75) is 192 Å². The molecule has 0 radical (unpaired) electrons. The first-order chi connectivity index (χ1) is 32.1. The number of aliphatic hydroxyl groups is 3. The van der Waals surface area contributed by atoms with Crippen LogP contribution in [0, 0.1) is 0 Å². The van der Waals surface area contributed by atoms with Crippen LogP contribution in [0.25, 0.3) is 0 Å². The molecule has 0 aliphatic carbocycles. The first-order valence-corrected chi connectivity index (χ1v) is 24.7. The molecule has 1 amide bonds. The maximum absolute atomic E-state index is 13.0. The molecular formula is C54H83NO11. The van der Waals surface area contributed by atoms with Crippen LogP contribution < -0.4 is 5.32 Å². The van der Waals surface area contributed by atoms with Crippen LogP contribution in [-0.4, -0.2) is 94.8 Å². The van der Waals surface area contributed by atoms with Gasteiger partial charge in [0.2, 0.25) is 5.91 Å². The van der Waals surface area contributed by atoms with Gasteiger partial charge in [-0.15, -0.1) is 0 Å². The van der Waals surface area contributed by atoms with Crippen molar-refractivity contribution < 1.29 is 53.8 Å². The summed E-state index contributed by atoms with van der Waals surface area (Å²) in [6.45, 7) is 3.49. The van der Waals surface area contributed by atoms with Crippen LogP contribution in [0.4, 0.5) is 0 Å². The maximum atomic E-state index is 13.0. The third kappa shape index (κ3) is 29.3. The van der Waals surface area contributed by atoms with Crippen LogP contribution in [0.2, 0.25) is 0 Å². The molecule has 2 rings (SSSR count). The predicted molar refractivity (Wildman–Crippen MR) is 261 cm³/mol. The quantitative estimate of drug-likeness (QED) is 0.0244. The summed E-state index contributed by atoms with van der Waals surface area (Å²) >= 11 is 0. The zero-order chi connectivity index (χ0) is 47.9. The second-order valence-electron chi connectivity index (χ2n) is 16.8. The lowest BCUT2D eigenvalue weighted by atomic mass is 9.98. The van der Waals surface area contributed by atoms with Gasteiger partial charge in [0.1, 0.15) is 36.8 Å². The van der Waals surface area contributed by atoms with Crippen molar-refractivity contribution in [3.05, 3.63) is 103 Å². The second kappa shape index (κ2) is 38.7. The first kappa shape index (κ1) is 57.8. The van der Waals surface area contributed by atoms with Gasteiger partial charge >= 0.3 is 11.9 Å². The molecule has 0 bridgehead atoms. The summed E-state index contributed by atoms with van der Waals surface area (Å²) in [5.41, 5.74) is 0.856. The highest BCUT2D eigenvalue weighted by Crippen LogP contribution is 2.23. The van der Waals surface area contributed by atoms with Gasteiger partial charge in [-0.3, -0.25) is 14.4 Å². The molecule has 66 heavy (non-hydrogen) atoms. The van der Waals surface area contributed by atoms with Gasteiger partial charge in [-0.1, -0.05) is 137 Å². The molecule has 6 atom stereocenters. The van der Waals surface area contributed by atoms with E-state index in [9.17, 15) is 34.8 Å². The summed E-state index contributed by atoms with van der Waals surface area (Å²) in [7, 11) is 0. The molecule has 1 aliphatic heterocycles. The molecule has 1 fully saturated rings. The Kier molecular flexibility index (Phi) is 33.9. The number of phenols is 1. The van der Waals surface area contributed by atoms with Gasteiger partial charge in [0.05, 0.1) is 6.61 Å². The molecule has 12 heteroatoms. The number of hydrogen-bond acceptors (Lipinski definition) is 11. The number of allylic oxidation sites excluding steroid dienone is 12. The number of unbranched alkanes of at least 4 members (excludes halogenated alkanes) is 10. The molecule has 1 aromatic rings. The number of ether oxygens (including phenoxy) is 4. The molecule has 1 saturated heterocycles. The zero-order valence-corrected chi connectivity index (χ0v) is 40.0. The SMILES string of the molecule is CCC=CCC=CCC=CCCCCCCCC(=O)OC[C@H](CO[C@@H]1O[C@H](CNC(=O)CCc2ccc(O)cc2)[C@@H](O)[C@H](O)[C@H]1O)OC(=O)CCCCCCCC=CCC=CCC=CCC. The van der Waals surface area contributed by atoms with Gasteiger partial charge in [0, 0.05) is 25.8 Å². The fraction of sp³-hybridized carbons (Fsp3) is 0.611. The van der Waals surface area contributed by atoms with E-state index in [1.165, 1.54) is 12.1 Å². The molecule has 5 N–H and O–H groups in total. The number of rotatable bonds is 37. The van der Waals surface area contributed by atoms with E-state index >= 15 is 0 Å². The lowest BCUT2D eigenvalue weighted by Crippen LogP contribution is -2.60. The first-order valence-electron chi connectivity index (χ1n) is 24.7. The zero-order valence-electron chi connectivity index (χ0n) is 40.0. The van der Waals surface area contributed by atoms with Crippen LogP contribution in [0.5, 0.6) is 5.75 Å². The van der Waals surface area contributed by atoms with Crippen molar-refractivity contribution in [2.24, 2.45) is 0 Å². The molecule has 0 unspecified atom stereocenters. The monoisotopic (exact) mass is 922 g/mol. The third-order valence-corrected chi connectivity index (χ3v) is 11.0. The number of aromatic hydroxyl groups is 1. The summed E-state index contributed by atoms with van der Waals surface area (Å²) in [5, 5.41) is 44.2. The highest BCUT2D eigenvalue weighted by molar-refractivity contribution is 5.76. The third-order valence-electron chi connectivity index (χ3n) is 11.0. The molecule has 0 saturated carbocycles. The van der Waals surface area contributed by atoms with Gasteiger partial charge in [0.25, 0.3) is 0 Å². The Bertz CT molecular complexity index is 1600. The summed E-state index contributed by atoms with van der Waals surface area (Å²) in [6, 6.07) is 6.51. The smallest absolute Gasteiger partial charge is 0.306 e. The van der Waals surface area contributed by atoms with E-state index in [0.29, 0.717) is 19.3 Å². The summed E-state index contributed by atoms with van der Waals surface area (Å²) in [5.74, 6) is -1.09. The van der Waals surface area contributed by atoms with Crippen molar-refractivity contribution >= 4 is 17.8 Å².